The maximum absolute atomic E-state index is 12.3. The zero-order valence-corrected chi connectivity index (χ0v) is 15.0. The van der Waals surface area contributed by atoms with Gasteiger partial charge in [0, 0.05) is 6.54 Å². The number of rotatable bonds is 10. The lowest BCUT2D eigenvalue weighted by molar-refractivity contribution is -0.150. The molecule has 0 aliphatic carbocycles. The number of methoxy groups -OCH3 is 1. The highest BCUT2D eigenvalue weighted by Gasteiger charge is 2.12. The van der Waals surface area contributed by atoms with Crippen LogP contribution in [0.5, 0.6) is 17.2 Å². The van der Waals surface area contributed by atoms with Gasteiger partial charge in [-0.05, 0) is 29.8 Å². The van der Waals surface area contributed by atoms with E-state index in [0.29, 0.717) is 11.3 Å². The van der Waals surface area contributed by atoms with Gasteiger partial charge in [-0.25, -0.2) is 4.79 Å². The van der Waals surface area contributed by atoms with Crippen molar-refractivity contribution in [3.8, 4) is 17.2 Å². The Morgan fingerprint density at radius 2 is 1.79 bits per heavy atom. The molecule has 0 radical (unpaired) electrons. The quantitative estimate of drug-likeness (QED) is 0.623. The highest BCUT2D eigenvalue weighted by Crippen LogP contribution is 2.29. The number of para-hydroxylation sites is 1. The Kier molecular flexibility index (Phi) is 8.01. The van der Waals surface area contributed by atoms with Crippen LogP contribution < -0.4 is 19.5 Å². The number of ether oxygens (including phenoxy) is 4. The predicted octanol–water partition coefficient (Wildman–Crippen LogP) is 2.54. The first-order valence-electron chi connectivity index (χ1n) is 8.20. The Bertz CT molecular complexity index is 785. The summed E-state index contributed by atoms with van der Waals surface area (Å²) in [5.41, 5.74) is 0.588. The molecule has 0 unspecified atom stereocenters. The van der Waals surface area contributed by atoms with Gasteiger partial charge in [0.2, 0.25) is 0 Å². The van der Waals surface area contributed by atoms with E-state index < -0.39 is 25.1 Å². The molecular weight excluding hydrogens is 376 g/mol. The molecular formula is C19H19F2NO6. The van der Waals surface area contributed by atoms with Gasteiger partial charge in [-0.1, -0.05) is 24.3 Å². The number of nitrogens with one attached hydrogen (secondary N) is 1. The lowest BCUT2D eigenvalue weighted by Gasteiger charge is -2.12. The number of halogens is 2. The SMILES string of the molecule is COc1cc(CNC(=O)COC(=O)COc2ccccc2)ccc1OC(F)F. The zero-order valence-electron chi connectivity index (χ0n) is 15.0. The van der Waals surface area contributed by atoms with Crippen molar-refractivity contribution in [2.24, 2.45) is 0 Å². The minimum absolute atomic E-state index is 0.0855. The van der Waals surface area contributed by atoms with Gasteiger partial charge in [0.05, 0.1) is 7.11 Å². The fourth-order valence-electron chi connectivity index (χ4n) is 2.11. The Balaban J connectivity index is 1.73. The third-order valence-electron chi connectivity index (χ3n) is 3.40. The highest BCUT2D eigenvalue weighted by atomic mass is 19.3. The first-order valence-corrected chi connectivity index (χ1v) is 8.20. The number of hydrogen-bond donors (Lipinski definition) is 1. The third kappa shape index (κ3) is 7.10. The second kappa shape index (κ2) is 10.7. The van der Waals surface area contributed by atoms with Gasteiger partial charge in [-0.3, -0.25) is 4.79 Å². The predicted molar refractivity (Wildman–Crippen MR) is 94.4 cm³/mol. The van der Waals surface area contributed by atoms with E-state index in [0.717, 1.165) is 0 Å². The molecule has 1 N–H and O–H groups in total. The van der Waals surface area contributed by atoms with Gasteiger partial charge in [-0.15, -0.1) is 0 Å². The maximum atomic E-state index is 12.3. The van der Waals surface area contributed by atoms with Crippen molar-refractivity contribution in [3.05, 3.63) is 54.1 Å². The largest absolute Gasteiger partial charge is 0.493 e. The smallest absolute Gasteiger partial charge is 0.387 e. The molecule has 1 amide bonds. The number of amides is 1. The van der Waals surface area contributed by atoms with E-state index in [1.165, 1.54) is 25.3 Å². The summed E-state index contributed by atoms with van der Waals surface area (Å²) < 4.78 is 43.9. The molecule has 28 heavy (non-hydrogen) atoms. The summed E-state index contributed by atoms with van der Waals surface area (Å²) >= 11 is 0. The monoisotopic (exact) mass is 395 g/mol. The molecule has 150 valence electrons. The summed E-state index contributed by atoms with van der Waals surface area (Å²) in [6.07, 6.45) is 0. The van der Waals surface area contributed by atoms with Crippen LogP contribution in [0.25, 0.3) is 0 Å². The van der Waals surface area contributed by atoms with E-state index in [9.17, 15) is 18.4 Å². The number of esters is 1. The van der Waals surface area contributed by atoms with Crippen molar-refractivity contribution in [1.82, 2.24) is 5.32 Å². The average Bonchev–Trinajstić information content (AvgIpc) is 2.70. The summed E-state index contributed by atoms with van der Waals surface area (Å²) in [4.78, 5) is 23.4. The summed E-state index contributed by atoms with van der Waals surface area (Å²) in [7, 11) is 1.31. The lowest BCUT2D eigenvalue weighted by atomic mass is 10.2. The van der Waals surface area contributed by atoms with Crippen LogP contribution in [0.1, 0.15) is 5.56 Å². The fraction of sp³-hybridized carbons (Fsp3) is 0.263. The van der Waals surface area contributed by atoms with Crippen molar-refractivity contribution < 1.29 is 37.3 Å². The van der Waals surface area contributed by atoms with Crippen LogP contribution in [0, 0.1) is 0 Å². The molecule has 0 aliphatic rings. The normalized spacial score (nSPS) is 10.3. The Morgan fingerprint density at radius 1 is 1.04 bits per heavy atom. The van der Waals surface area contributed by atoms with E-state index in [1.807, 2.05) is 6.07 Å². The van der Waals surface area contributed by atoms with Crippen molar-refractivity contribution in [2.75, 3.05) is 20.3 Å². The fourth-order valence-corrected chi connectivity index (χ4v) is 2.11. The highest BCUT2D eigenvalue weighted by molar-refractivity contribution is 5.80. The van der Waals surface area contributed by atoms with Crippen LogP contribution in [0.4, 0.5) is 8.78 Å². The number of carbonyl (C=O) groups excluding carboxylic acids is 2. The van der Waals surface area contributed by atoms with E-state index in [4.69, 9.17) is 14.2 Å². The first-order chi connectivity index (χ1) is 13.5. The molecule has 0 saturated carbocycles. The summed E-state index contributed by atoms with van der Waals surface area (Å²) in [5, 5.41) is 2.54. The third-order valence-corrected chi connectivity index (χ3v) is 3.40. The standard InChI is InChI=1S/C19H19F2NO6/c1-25-16-9-13(7-8-15(16)28-19(20)21)10-22-17(23)11-27-18(24)12-26-14-5-3-2-4-6-14/h2-9,19H,10-12H2,1H3,(H,22,23). The molecule has 0 aromatic heterocycles. The van der Waals surface area contributed by atoms with E-state index in [2.05, 4.69) is 10.1 Å². The molecule has 0 bridgehead atoms. The zero-order chi connectivity index (χ0) is 20.4. The van der Waals surface area contributed by atoms with Crippen LogP contribution in [0.2, 0.25) is 0 Å². The molecule has 0 atom stereocenters. The molecule has 2 rings (SSSR count). The minimum atomic E-state index is -2.97. The molecule has 2 aromatic rings. The lowest BCUT2D eigenvalue weighted by Crippen LogP contribution is -2.29. The molecule has 0 spiro atoms. The first kappa shape index (κ1) is 20.9. The Labute approximate surface area is 160 Å². The van der Waals surface area contributed by atoms with Crippen LogP contribution in [0.3, 0.4) is 0 Å². The van der Waals surface area contributed by atoms with Crippen LogP contribution in [0.15, 0.2) is 48.5 Å². The molecule has 2 aromatic carbocycles. The average molecular weight is 395 g/mol. The molecule has 0 fully saturated rings. The van der Waals surface area contributed by atoms with E-state index in [1.54, 1.807) is 24.3 Å². The van der Waals surface area contributed by atoms with Gasteiger partial charge in [0.25, 0.3) is 5.91 Å². The van der Waals surface area contributed by atoms with E-state index >= 15 is 0 Å². The number of benzene rings is 2. The summed E-state index contributed by atoms with van der Waals surface area (Å²) in [5.74, 6) is -0.706. The van der Waals surface area contributed by atoms with Gasteiger partial charge < -0.3 is 24.3 Å². The second-order valence-corrected chi connectivity index (χ2v) is 5.40. The van der Waals surface area contributed by atoms with Crippen molar-refractivity contribution in [2.45, 2.75) is 13.2 Å². The van der Waals surface area contributed by atoms with Gasteiger partial charge in [0.1, 0.15) is 5.75 Å². The molecule has 0 heterocycles. The Hall–Kier alpha value is -3.36. The maximum Gasteiger partial charge on any atom is 0.387 e. The molecule has 9 heteroatoms. The number of hydrogen-bond acceptors (Lipinski definition) is 6. The second-order valence-electron chi connectivity index (χ2n) is 5.40. The van der Waals surface area contributed by atoms with Crippen molar-refractivity contribution in [3.63, 3.8) is 0 Å². The number of carbonyl (C=O) groups is 2. The van der Waals surface area contributed by atoms with E-state index in [-0.39, 0.29) is 24.7 Å². The molecule has 7 nitrogen and oxygen atoms in total. The minimum Gasteiger partial charge on any atom is -0.493 e. The van der Waals surface area contributed by atoms with Crippen LogP contribution in [-0.4, -0.2) is 38.8 Å². The summed E-state index contributed by atoms with van der Waals surface area (Å²) in [6, 6.07) is 13.0. The number of alkyl halides is 2. The van der Waals surface area contributed by atoms with Crippen LogP contribution in [-0.2, 0) is 20.9 Å². The van der Waals surface area contributed by atoms with Crippen LogP contribution >= 0.6 is 0 Å². The topological polar surface area (TPSA) is 83.1 Å². The van der Waals surface area contributed by atoms with Crippen molar-refractivity contribution in [1.29, 1.82) is 0 Å². The molecule has 0 saturated heterocycles. The van der Waals surface area contributed by atoms with Gasteiger partial charge >= 0.3 is 12.6 Å². The van der Waals surface area contributed by atoms with Gasteiger partial charge in [-0.2, -0.15) is 8.78 Å². The molecule has 0 aliphatic heterocycles. The Morgan fingerprint density at radius 3 is 2.46 bits per heavy atom. The van der Waals surface area contributed by atoms with Crippen molar-refractivity contribution >= 4 is 11.9 Å². The summed E-state index contributed by atoms with van der Waals surface area (Å²) in [6.45, 7) is -3.68. The van der Waals surface area contributed by atoms with Gasteiger partial charge in [0.15, 0.2) is 24.7 Å².